The molecular weight excluding hydrogens is 495 g/mol. The summed E-state index contributed by atoms with van der Waals surface area (Å²) in [5.74, 6) is -0.439. The number of rotatable bonds is 6. The van der Waals surface area contributed by atoms with E-state index in [1.165, 1.54) is 6.07 Å². The third-order valence-electron chi connectivity index (χ3n) is 6.47. The summed E-state index contributed by atoms with van der Waals surface area (Å²) in [6.07, 6.45) is 5.47. The first-order valence-corrected chi connectivity index (χ1v) is 12.6. The van der Waals surface area contributed by atoms with Gasteiger partial charge >= 0.3 is 0 Å². The number of amides is 1. The number of aromatic amines is 2. The lowest BCUT2D eigenvalue weighted by molar-refractivity contribution is -0.116. The van der Waals surface area contributed by atoms with Crippen LogP contribution in [0.15, 0.2) is 73.2 Å². The second-order valence-electron chi connectivity index (χ2n) is 9.94. The maximum Gasteiger partial charge on any atom is 0.224 e. The average molecular weight is 521 g/mol. The second kappa shape index (κ2) is 9.68. The number of carbonyl (C=O) groups excluding carboxylic acids is 1. The van der Waals surface area contributed by atoms with Crippen LogP contribution in [0.25, 0.3) is 55.6 Å². The first-order valence-electron chi connectivity index (χ1n) is 12.6. The summed E-state index contributed by atoms with van der Waals surface area (Å²) in [5, 5.41) is 22.1. The number of carbonyl (C=O) groups is 1. The number of phenolic OH excluding ortho intramolecular Hbond substituents is 1. The Bertz CT molecular complexity index is 1840. The summed E-state index contributed by atoms with van der Waals surface area (Å²) in [6, 6.07) is 15.5. The molecule has 0 unspecified atom stereocenters. The summed E-state index contributed by atoms with van der Waals surface area (Å²) in [5.41, 5.74) is 6.51. The topological polar surface area (TPSA) is 120 Å². The Kier molecular flexibility index (Phi) is 6.03. The molecule has 1 amide bonds. The molecule has 194 valence electrons. The van der Waals surface area contributed by atoms with E-state index in [9.17, 15) is 14.3 Å². The molecule has 0 bridgehead atoms. The zero-order chi connectivity index (χ0) is 27.1. The highest BCUT2D eigenvalue weighted by atomic mass is 19.1. The molecular formula is C30H25FN6O2. The van der Waals surface area contributed by atoms with E-state index in [-0.39, 0.29) is 17.6 Å². The van der Waals surface area contributed by atoms with Gasteiger partial charge < -0.3 is 15.4 Å². The highest BCUT2D eigenvalue weighted by molar-refractivity contribution is 6.01. The van der Waals surface area contributed by atoms with Crippen molar-refractivity contribution in [2.75, 3.05) is 5.32 Å². The number of pyridine rings is 2. The molecule has 0 aliphatic rings. The molecule has 39 heavy (non-hydrogen) atoms. The molecule has 6 aromatic rings. The summed E-state index contributed by atoms with van der Waals surface area (Å²) >= 11 is 0. The van der Waals surface area contributed by atoms with Crippen LogP contribution in [0.2, 0.25) is 0 Å². The molecule has 8 nitrogen and oxygen atoms in total. The first-order chi connectivity index (χ1) is 18.8. The molecule has 0 aliphatic carbocycles. The first kappa shape index (κ1) is 24.3. The van der Waals surface area contributed by atoms with E-state index in [1.54, 1.807) is 24.7 Å². The van der Waals surface area contributed by atoms with Gasteiger partial charge in [0.25, 0.3) is 0 Å². The third-order valence-corrected chi connectivity index (χ3v) is 6.47. The highest BCUT2D eigenvalue weighted by Gasteiger charge is 2.16. The zero-order valence-corrected chi connectivity index (χ0v) is 21.3. The number of nitrogens with one attached hydrogen (secondary N) is 3. The average Bonchev–Trinajstić information content (AvgIpc) is 3.51. The Morgan fingerprint density at radius 2 is 1.87 bits per heavy atom. The van der Waals surface area contributed by atoms with Crippen molar-refractivity contribution in [3.63, 3.8) is 0 Å². The van der Waals surface area contributed by atoms with Gasteiger partial charge in [-0.05, 0) is 53.4 Å². The summed E-state index contributed by atoms with van der Waals surface area (Å²) in [4.78, 5) is 24.5. The van der Waals surface area contributed by atoms with E-state index in [1.807, 2.05) is 50.2 Å². The Balaban J connectivity index is 1.39. The number of anilines is 1. The van der Waals surface area contributed by atoms with Crippen LogP contribution in [0, 0.1) is 11.7 Å². The number of H-pyrrole nitrogens is 2. The van der Waals surface area contributed by atoms with E-state index < -0.39 is 5.82 Å². The fourth-order valence-corrected chi connectivity index (χ4v) is 4.78. The minimum atomic E-state index is -0.505. The molecule has 4 heterocycles. The number of aromatic hydroxyl groups is 1. The fraction of sp³-hybridized carbons (Fsp3) is 0.133. The van der Waals surface area contributed by atoms with Crippen molar-refractivity contribution >= 4 is 33.4 Å². The van der Waals surface area contributed by atoms with Crippen LogP contribution in [-0.4, -0.2) is 36.2 Å². The Labute approximate surface area is 223 Å². The zero-order valence-electron chi connectivity index (χ0n) is 21.3. The maximum absolute atomic E-state index is 14.0. The minimum Gasteiger partial charge on any atom is -0.508 e. The number of fused-ring (bicyclic) bond motifs is 2. The van der Waals surface area contributed by atoms with Gasteiger partial charge in [-0.3, -0.25) is 19.9 Å². The van der Waals surface area contributed by atoms with Gasteiger partial charge in [0.1, 0.15) is 17.3 Å². The Morgan fingerprint density at radius 1 is 1.00 bits per heavy atom. The molecule has 4 N–H and O–H groups in total. The van der Waals surface area contributed by atoms with Crippen LogP contribution in [0.4, 0.5) is 10.1 Å². The number of hydrogen-bond donors (Lipinski definition) is 4. The Morgan fingerprint density at radius 3 is 2.69 bits per heavy atom. The number of nitrogens with zero attached hydrogens (tertiary/aromatic N) is 3. The normalized spacial score (nSPS) is 11.5. The van der Waals surface area contributed by atoms with Crippen LogP contribution in [0.5, 0.6) is 5.75 Å². The van der Waals surface area contributed by atoms with Crippen LogP contribution in [-0.2, 0) is 4.79 Å². The number of hydrogen-bond acceptors (Lipinski definition) is 5. The summed E-state index contributed by atoms with van der Waals surface area (Å²) in [7, 11) is 0. The third kappa shape index (κ3) is 4.82. The summed E-state index contributed by atoms with van der Waals surface area (Å²) < 4.78 is 14.0. The summed E-state index contributed by atoms with van der Waals surface area (Å²) in [6.45, 7) is 3.99. The van der Waals surface area contributed by atoms with Crippen molar-refractivity contribution in [2.45, 2.75) is 20.3 Å². The predicted molar refractivity (Wildman–Crippen MR) is 150 cm³/mol. The van der Waals surface area contributed by atoms with E-state index in [0.29, 0.717) is 29.1 Å². The van der Waals surface area contributed by atoms with Gasteiger partial charge in [0.05, 0.1) is 35.0 Å². The van der Waals surface area contributed by atoms with Gasteiger partial charge in [-0.15, -0.1) is 0 Å². The standard InChI is InChI=1S/C30H25FN6O2/c1-16(2)6-29(39)34-20-8-18(13-32-14-20)26-12-24-28(15-33-26)36-37-30(24)27-11-23-22(4-3-5-25(23)35-27)17-7-19(31)10-21(38)9-17/h3-5,7-16,35,38H,6H2,1-2H3,(H,34,39)(H,36,37). The van der Waals surface area contributed by atoms with Gasteiger partial charge in [-0.2, -0.15) is 5.10 Å². The smallest absolute Gasteiger partial charge is 0.224 e. The van der Waals surface area contributed by atoms with Crippen LogP contribution in [0.1, 0.15) is 20.3 Å². The lowest BCUT2D eigenvalue weighted by Gasteiger charge is -2.08. The quantitative estimate of drug-likeness (QED) is 0.196. The molecule has 0 fully saturated rings. The lowest BCUT2D eigenvalue weighted by atomic mass is 10.0. The van der Waals surface area contributed by atoms with Gasteiger partial charge in [-0.25, -0.2) is 4.39 Å². The molecule has 0 saturated carbocycles. The van der Waals surface area contributed by atoms with E-state index in [4.69, 9.17) is 0 Å². The molecule has 0 aliphatic heterocycles. The second-order valence-corrected chi connectivity index (χ2v) is 9.94. The number of halogens is 1. The SMILES string of the molecule is CC(C)CC(=O)Nc1cncc(-c2cc3c(-c4cc5c(-c6cc(O)cc(F)c6)cccc5[nH]4)n[nH]c3cn2)c1. The van der Waals surface area contributed by atoms with Gasteiger partial charge in [0.2, 0.25) is 5.91 Å². The molecule has 9 heteroatoms. The number of aromatic nitrogens is 5. The van der Waals surface area contributed by atoms with Crippen molar-refractivity contribution in [3.8, 4) is 39.5 Å². The van der Waals surface area contributed by atoms with Crippen molar-refractivity contribution in [1.29, 1.82) is 0 Å². The minimum absolute atomic E-state index is 0.0592. The van der Waals surface area contributed by atoms with E-state index in [2.05, 4.69) is 30.5 Å². The molecule has 4 aromatic heterocycles. The van der Waals surface area contributed by atoms with Crippen LogP contribution < -0.4 is 5.32 Å². The Hall–Kier alpha value is -5.05. The molecule has 6 rings (SSSR count). The molecule has 2 aromatic carbocycles. The van der Waals surface area contributed by atoms with Crippen molar-refractivity contribution in [3.05, 3.63) is 79.0 Å². The largest absolute Gasteiger partial charge is 0.508 e. The van der Waals surface area contributed by atoms with Gasteiger partial charge in [-0.1, -0.05) is 26.0 Å². The van der Waals surface area contributed by atoms with E-state index >= 15 is 0 Å². The molecule has 0 spiro atoms. The maximum atomic E-state index is 14.0. The van der Waals surface area contributed by atoms with Crippen LogP contribution >= 0.6 is 0 Å². The molecule has 0 saturated heterocycles. The number of phenols is 1. The van der Waals surface area contributed by atoms with Crippen LogP contribution in [0.3, 0.4) is 0 Å². The van der Waals surface area contributed by atoms with Crippen molar-refractivity contribution in [1.82, 2.24) is 25.1 Å². The van der Waals surface area contributed by atoms with E-state index in [0.717, 1.165) is 44.7 Å². The van der Waals surface area contributed by atoms with Gasteiger partial charge in [0, 0.05) is 40.5 Å². The predicted octanol–water partition coefficient (Wildman–Crippen LogP) is 6.66. The lowest BCUT2D eigenvalue weighted by Crippen LogP contribution is -2.13. The van der Waals surface area contributed by atoms with Gasteiger partial charge in [0.15, 0.2) is 0 Å². The molecule has 0 radical (unpaired) electrons. The fourth-order valence-electron chi connectivity index (χ4n) is 4.78. The molecule has 0 atom stereocenters. The monoisotopic (exact) mass is 520 g/mol. The highest BCUT2D eigenvalue weighted by Crippen LogP contribution is 2.36. The number of benzene rings is 2. The van der Waals surface area contributed by atoms with Crippen molar-refractivity contribution < 1.29 is 14.3 Å². The van der Waals surface area contributed by atoms with Crippen molar-refractivity contribution in [2.24, 2.45) is 5.92 Å².